The highest BCUT2D eigenvalue weighted by molar-refractivity contribution is 8.00. The molecule has 0 aromatic heterocycles. The molecule has 0 heterocycles. The molecule has 0 radical (unpaired) electrons. The number of carbonyl (C=O) groups is 2. The van der Waals surface area contributed by atoms with Crippen LogP contribution in [0, 0.1) is 10.1 Å². The van der Waals surface area contributed by atoms with Gasteiger partial charge in [-0.1, -0.05) is 35.9 Å². The van der Waals surface area contributed by atoms with Crippen LogP contribution in [0.4, 0.5) is 11.4 Å². The first kappa shape index (κ1) is 20.6. The van der Waals surface area contributed by atoms with Crippen molar-refractivity contribution in [1.82, 2.24) is 0 Å². The number of hydrogen-bond donors (Lipinski definition) is 1. The average Bonchev–Trinajstić information content (AvgIpc) is 2.72. The quantitative estimate of drug-likeness (QED) is 0.234. The van der Waals surface area contributed by atoms with Gasteiger partial charge in [0.15, 0.2) is 5.78 Å². The number of thioether (sulfide) groups is 1. The molecular weight excluding hydrogens is 412 g/mol. The number of rotatable bonds is 7. The molecule has 6 nitrogen and oxygen atoms in total. The summed E-state index contributed by atoms with van der Waals surface area (Å²) in [5, 5.41) is 14.1. The van der Waals surface area contributed by atoms with Crippen molar-refractivity contribution in [3.63, 3.8) is 0 Å². The molecule has 1 N–H and O–H groups in total. The first-order valence-electron chi connectivity index (χ1n) is 8.50. The fourth-order valence-corrected chi connectivity index (χ4v) is 3.56. The molecule has 0 aliphatic carbocycles. The lowest BCUT2D eigenvalue weighted by atomic mass is 10.1. The molecule has 8 heteroatoms. The van der Waals surface area contributed by atoms with Gasteiger partial charge in [-0.15, -0.1) is 11.8 Å². The third-order valence-electron chi connectivity index (χ3n) is 3.93. The van der Waals surface area contributed by atoms with Crippen molar-refractivity contribution in [3.05, 3.63) is 99.1 Å². The Morgan fingerprint density at radius 1 is 0.966 bits per heavy atom. The standard InChI is InChI=1S/C21H15ClN2O4S/c22-16-6-1-5-15(10-16)21(26)23-17-7-3-9-19(12-17)29-13-20(25)14-4-2-8-18(11-14)24(27)28/h1-12H,13H2,(H,23,26). The van der Waals surface area contributed by atoms with Gasteiger partial charge in [-0.25, -0.2) is 0 Å². The Bertz CT molecular complexity index is 1090. The number of nitrogens with one attached hydrogen (secondary N) is 1. The van der Waals surface area contributed by atoms with Gasteiger partial charge in [0.1, 0.15) is 0 Å². The van der Waals surface area contributed by atoms with Crippen LogP contribution >= 0.6 is 23.4 Å². The van der Waals surface area contributed by atoms with E-state index in [0.717, 1.165) is 4.90 Å². The molecule has 3 aromatic carbocycles. The van der Waals surface area contributed by atoms with Crippen LogP contribution in [-0.4, -0.2) is 22.4 Å². The molecule has 29 heavy (non-hydrogen) atoms. The van der Waals surface area contributed by atoms with Crippen molar-refractivity contribution in [2.45, 2.75) is 4.90 Å². The number of nitro benzene ring substituents is 1. The number of nitro groups is 1. The molecule has 0 aliphatic rings. The van der Waals surface area contributed by atoms with Crippen LogP contribution in [0.15, 0.2) is 77.7 Å². The van der Waals surface area contributed by atoms with E-state index in [9.17, 15) is 19.7 Å². The first-order chi connectivity index (χ1) is 13.9. The second kappa shape index (κ2) is 9.36. The third-order valence-corrected chi connectivity index (χ3v) is 5.16. The SMILES string of the molecule is O=C(CSc1cccc(NC(=O)c2cccc(Cl)c2)c1)c1cccc([N+](=O)[O-])c1. The number of halogens is 1. The minimum Gasteiger partial charge on any atom is -0.322 e. The van der Waals surface area contributed by atoms with Gasteiger partial charge in [-0.2, -0.15) is 0 Å². The van der Waals surface area contributed by atoms with Crippen molar-refractivity contribution in [2.75, 3.05) is 11.1 Å². The summed E-state index contributed by atoms with van der Waals surface area (Å²) < 4.78 is 0. The Morgan fingerprint density at radius 3 is 2.45 bits per heavy atom. The van der Waals surface area contributed by atoms with E-state index < -0.39 is 4.92 Å². The van der Waals surface area contributed by atoms with Gasteiger partial charge in [0.25, 0.3) is 11.6 Å². The molecular formula is C21H15ClN2O4S. The van der Waals surface area contributed by atoms with Crippen LogP contribution in [0.3, 0.4) is 0 Å². The van der Waals surface area contributed by atoms with Crippen molar-refractivity contribution >= 4 is 46.4 Å². The summed E-state index contributed by atoms with van der Waals surface area (Å²) in [6.07, 6.45) is 0. The Hall–Kier alpha value is -3.16. The van der Waals surface area contributed by atoms with Gasteiger partial charge in [0, 0.05) is 38.9 Å². The number of benzene rings is 3. The lowest BCUT2D eigenvalue weighted by molar-refractivity contribution is -0.384. The van der Waals surface area contributed by atoms with Gasteiger partial charge >= 0.3 is 0 Å². The van der Waals surface area contributed by atoms with Crippen LogP contribution in [0.25, 0.3) is 0 Å². The minimum atomic E-state index is -0.532. The van der Waals surface area contributed by atoms with Crippen molar-refractivity contribution < 1.29 is 14.5 Å². The summed E-state index contributed by atoms with van der Waals surface area (Å²) in [7, 11) is 0. The highest BCUT2D eigenvalue weighted by atomic mass is 35.5. The van der Waals surface area contributed by atoms with Gasteiger partial charge in [-0.3, -0.25) is 19.7 Å². The summed E-state index contributed by atoms with van der Waals surface area (Å²) in [5.74, 6) is -0.387. The van der Waals surface area contributed by atoms with E-state index in [2.05, 4.69) is 5.32 Å². The van der Waals surface area contributed by atoms with Gasteiger partial charge in [0.05, 0.1) is 10.7 Å². The Labute approximate surface area is 176 Å². The number of nitrogens with zero attached hydrogens (tertiary/aromatic N) is 1. The lowest BCUT2D eigenvalue weighted by Crippen LogP contribution is -2.11. The molecule has 0 aliphatic heterocycles. The van der Waals surface area contributed by atoms with E-state index in [4.69, 9.17) is 11.6 Å². The average molecular weight is 427 g/mol. The molecule has 146 valence electrons. The second-order valence-electron chi connectivity index (χ2n) is 6.01. The minimum absolute atomic E-state index is 0.118. The van der Waals surface area contributed by atoms with Gasteiger partial charge in [-0.05, 0) is 36.4 Å². The van der Waals surface area contributed by atoms with E-state index >= 15 is 0 Å². The highest BCUT2D eigenvalue weighted by Crippen LogP contribution is 2.24. The number of carbonyl (C=O) groups excluding carboxylic acids is 2. The molecule has 3 aromatic rings. The normalized spacial score (nSPS) is 10.4. The largest absolute Gasteiger partial charge is 0.322 e. The zero-order chi connectivity index (χ0) is 20.8. The Kier molecular flexibility index (Phi) is 6.64. The summed E-state index contributed by atoms with van der Waals surface area (Å²) in [6, 6.07) is 19.4. The van der Waals surface area contributed by atoms with Gasteiger partial charge < -0.3 is 5.32 Å². The number of ketones is 1. The number of hydrogen-bond acceptors (Lipinski definition) is 5. The predicted octanol–water partition coefficient (Wildman–Crippen LogP) is 5.48. The highest BCUT2D eigenvalue weighted by Gasteiger charge is 2.12. The van der Waals surface area contributed by atoms with Crippen LogP contribution in [0.2, 0.25) is 5.02 Å². The Balaban J connectivity index is 1.64. The smallest absolute Gasteiger partial charge is 0.270 e. The van der Waals surface area contributed by atoms with Crippen molar-refractivity contribution in [2.24, 2.45) is 0 Å². The maximum atomic E-state index is 12.3. The summed E-state index contributed by atoms with van der Waals surface area (Å²) in [4.78, 5) is 35.8. The molecule has 0 saturated carbocycles. The van der Waals surface area contributed by atoms with Crippen LogP contribution < -0.4 is 5.32 Å². The van der Waals surface area contributed by atoms with E-state index in [0.29, 0.717) is 16.3 Å². The van der Waals surface area contributed by atoms with E-state index in [1.807, 2.05) is 6.07 Å². The van der Waals surface area contributed by atoms with E-state index in [-0.39, 0.29) is 28.7 Å². The van der Waals surface area contributed by atoms with Crippen LogP contribution in [0.5, 0.6) is 0 Å². The summed E-state index contributed by atoms with van der Waals surface area (Å²) in [5.41, 5.74) is 1.20. The maximum absolute atomic E-state index is 12.3. The fraction of sp³-hybridized carbons (Fsp3) is 0.0476. The maximum Gasteiger partial charge on any atom is 0.270 e. The molecule has 0 atom stereocenters. The van der Waals surface area contributed by atoms with Gasteiger partial charge in [0.2, 0.25) is 0 Å². The van der Waals surface area contributed by atoms with Crippen LogP contribution in [0.1, 0.15) is 20.7 Å². The zero-order valence-corrected chi connectivity index (χ0v) is 16.6. The molecule has 0 unspecified atom stereocenters. The second-order valence-corrected chi connectivity index (χ2v) is 7.50. The molecule has 0 spiro atoms. The molecule has 3 rings (SSSR count). The van der Waals surface area contributed by atoms with E-state index in [1.165, 1.54) is 30.0 Å². The lowest BCUT2D eigenvalue weighted by Gasteiger charge is -2.08. The monoisotopic (exact) mass is 426 g/mol. The van der Waals surface area contributed by atoms with E-state index in [1.54, 1.807) is 48.5 Å². The third kappa shape index (κ3) is 5.66. The molecule has 0 saturated heterocycles. The molecule has 0 fully saturated rings. The fourth-order valence-electron chi connectivity index (χ4n) is 2.52. The Morgan fingerprint density at radius 2 is 1.69 bits per heavy atom. The molecule has 1 amide bonds. The van der Waals surface area contributed by atoms with Crippen molar-refractivity contribution in [3.8, 4) is 0 Å². The summed E-state index contributed by atoms with van der Waals surface area (Å²) in [6.45, 7) is 0. The topological polar surface area (TPSA) is 89.3 Å². The van der Waals surface area contributed by atoms with Crippen molar-refractivity contribution in [1.29, 1.82) is 0 Å². The van der Waals surface area contributed by atoms with Crippen LogP contribution in [-0.2, 0) is 0 Å². The zero-order valence-electron chi connectivity index (χ0n) is 15.0. The number of non-ortho nitro benzene ring substituents is 1. The first-order valence-corrected chi connectivity index (χ1v) is 9.86. The number of Topliss-reactive ketones (excluding diaryl/α,β-unsaturated/α-hetero) is 1. The molecule has 0 bridgehead atoms. The number of anilines is 1. The summed E-state index contributed by atoms with van der Waals surface area (Å²) >= 11 is 7.20. The number of amides is 1. The predicted molar refractivity (Wildman–Crippen MR) is 114 cm³/mol.